The van der Waals surface area contributed by atoms with E-state index in [0.29, 0.717) is 5.92 Å². The number of carbonyl (C=O) groups is 1. The molecule has 5 heteroatoms. The topological polar surface area (TPSA) is 53.6 Å². The van der Waals surface area contributed by atoms with Gasteiger partial charge in [0.05, 0.1) is 13.2 Å². The van der Waals surface area contributed by atoms with Crippen LogP contribution in [0.5, 0.6) is 0 Å². The smallest absolute Gasteiger partial charge is 0.251 e. The zero-order valence-electron chi connectivity index (χ0n) is 12.3. The fraction of sp³-hybridized carbons (Fsp3) is 0.562. The molecule has 3 rings (SSSR count). The van der Waals surface area contributed by atoms with Crippen molar-refractivity contribution in [1.29, 1.82) is 0 Å². The molecule has 5 nitrogen and oxygen atoms in total. The number of nitrogens with zero attached hydrogens (tertiary/aromatic N) is 1. The molecule has 0 bridgehead atoms. The monoisotopic (exact) mass is 289 g/mol. The summed E-state index contributed by atoms with van der Waals surface area (Å²) in [5.74, 6) is 0.621. The molecule has 0 unspecified atom stereocenters. The molecule has 0 spiro atoms. The van der Waals surface area contributed by atoms with Gasteiger partial charge in [-0.3, -0.25) is 9.69 Å². The van der Waals surface area contributed by atoms with Gasteiger partial charge in [-0.25, -0.2) is 0 Å². The highest BCUT2D eigenvalue weighted by atomic mass is 16.5. The van der Waals surface area contributed by atoms with Crippen molar-refractivity contribution in [2.75, 3.05) is 45.9 Å². The van der Waals surface area contributed by atoms with Crippen molar-refractivity contribution in [2.45, 2.75) is 6.54 Å². The van der Waals surface area contributed by atoms with Crippen LogP contribution in [0.1, 0.15) is 15.9 Å². The molecule has 0 saturated carbocycles. The van der Waals surface area contributed by atoms with Gasteiger partial charge in [-0.05, 0) is 17.7 Å². The fourth-order valence-corrected chi connectivity index (χ4v) is 2.66. The minimum atomic E-state index is 0.0331. The van der Waals surface area contributed by atoms with Gasteiger partial charge in [-0.2, -0.15) is 0 Å². The summed E-state index contributed by atoms with van der Waals surface area (Å²) in [5.41, 5.74) is 1.95. The van der Waals surface area contributed by atoms with E-state index < -0.39 is 0 Å². The number of hydrogen-bond donors (Lipinski definition) is 2. The Balaban J connectivity index is 1.55. The van der Waals surface area contributed by atoms with Crippen LogP contribution in [-0.4, -0.2) is 56.7 Å². The van der Waals surface area contributed by atoms with Crippen LogP contribution in [0.3, 0.4) is 0 Å². The Morgan fingerprint density at radius 2 is 2.14 bits per heavy atom. The molecule has 1 aromatic rings. The molecule has 2 N–H and O–H groups in total. The minimum absolute atomic E-state index is 0.0331. The maximum Gasteiger partial charge on any atom is 0.251 e. The molecule has 114 valence electrons. The van der Waals surface area contributed by atoms with Crippen molar-refractivity contribution in [3.63, 3.8) is 0 Å². The average molecular weight is 289 g/mol. The van der Waals surface area contributed by atoms with Crippen LogP contribution in [0.2, 0.25) is 0 Å². The Morgan fingerprint density at radius 1 is 1.33 bits per heavy atom. The fourth-order valence-electron chi connectivity index (χ4n) is 2.66. The molecule has 1 aromatic carbocycles. The average Bonchev–Trinajstić information content (AvgIpc) is 2.47. The summed E-state index contributed by atoms with van der Waals surface area (Å²) in [6.45, 7) is 7.20. The van der Waals surface area contributed by atoms with Gasteiger partial charge in [0.25, 0.3) is 5.91 Å². The molecule has 0 aromatic heterocycles. The van der Waals surface area contributed by atoms with E-state index in [2.05, 4.69) is 21.6 Å². The van der Waals surface area contributed by atoms with Crippen molar-refractivity contribution >= 4 is 5.91 Å². The second-order valence-corrected chi connectivity index (χ2v) is 5.82. The number of benzene rings is 1. The number of hydrogen-bond acceptors (Lipinski definition) is 4. The summed E-state index contributed by atoms with van der Waals surface area (Å²) in [4.78, 5) is 14.5. The van der Waals surface area contributed by atoms with Gasteiger partial charge in [-0.15, -0.1) is 0 Å². The SMILES string of the molecule is O=C(NCC1CNC1)c1cccc(CN2CCOCC2)c1. The molecule has 0 atom stereocenters. The van der Waals surface area contributed by atoms with Crippen LogP contribution < -0.4 is 10.6 Å². The molecular formula is C16H23N3O2. The van der Waals surface area contributed by atoms with Crippen LogP contribution in [0.15, 0.2) is 24.3 Å². The van der Waals surface area contributed by atoms with Crippen LogP contribution in [-0.2, 0) is 11.3 Å². The maximum absolute atomic E-state index is 12.2. The first-order valence-electron chi connectivity index (χ1n) is 7.69. The third-order valence-corrected chi connectivity index (χ3v) is 4.12. The third kappa shape index (κ3) is 4.03. The Labute approximate surface area is 125 Å². The number of amides is 1. The molecular weight excluding hydrogens is 266 g/mol. The number of rotatable bonds is 5. The Kier molecular flexibility index (Phi) is 4.85. The van der Waals surface area contributed by atoms with Crippen LogP contribution in [0.25, 0.3) is 0 Å². The van der Waals surface area contributed by atoms with E-state index in [-0.39, 0.29) is 5.91 Å². The number of morpholine rings is 1. The molecule has 2 aliphatic heterocycles. The van der Waals surface area contributed by atoms with Gasteiger partial charge in [0.2, 0.25) is 0 Å². The van der Waals surface area contributed by atoms with Gasteiger partial charge >= 0.3 is 0 Å². The first kappa shape index (κ1) is 14.5. The Morgan fingerprint density at radius 3 is 2.86 bits per heavy atom. The van der Waals surface area contributed by atoms with E-state index >= 15 is 0 Å². The highest BCUT2D eigenvalue weighted by molar-refractivity contribution is 5.94. The zero-order valence-corrected chi connectivity index (χ0v) is 12.3. The summed E-state index contributed by atoms with van der Waals surface area (Å²) >= 11 is 0. The van der Waals surface area contributed by atoms with E-state index in [9.17, 15) is 4.79 Å². The van der Waals surface area contributed by atoms with E-state index in [1.807, 2.05) is 18.2 Å². The van der Waals surface area contributed by atoms with E-state index in [0.717, 1.165) is 58.0 Å². The van der Waals surface area contributed by atoms with Gasteiger partial charge in [0.15, 0.2) is 0 Å². The first-order chi connectivity index (χ1) is 10.3. The molecule has 2 saturated heterocycles. The second kappa shape index (κ2) is 7.02. The zero-order chi connectivity index (χ0) is 14.5. The van der Waals surface area contributed by atoms with E-state index in [1.165, 1.54) is 5.56 Å². The van der Waals surface area contributed by atoms with Crippen LogP contribution >= 0.6 is 0 Å². The highest BCUT2D eigenvalue weighted by Crippen LogP contribution is 2.10. The van der Waals surface area contributed by atoms with Gasteiger partial charge in [0, 0.05) is 50.7 Å². The normalized spacial score (nSPS) is 20.0. The van der Waals surface area contributed by atoms with Crippen molar-refractivity contribution in [3.8, 4) is 0 Å². The molecule has 0 aliphatic carbocycles. The van der Waals surface area contributed by atoms with Crippen molar-refractivity contribution < 1.29 is 9.53 Å². The summed E-state index contributed by atoms with van der Waals surface area (Å²) in [7, 11) is 0. The van der Waals surface area contributed by atoms with E-state index in [1.54, 1.807) is 0 Å². The predicted octanol–water partition coefficient (Wildman–Crippen LogP) is 0.468. The summed E-state index contributed by atoms with van der Waals surface area (Å²) < 4.78 is 5.36. The second-order valence-electron chi connectivity index (χ2n) is 5.82. The van der Waals surface area contributed by atoms with Crippen LogP contribution in [0.4, 0.5) is 0 Å². The summed E-state index contributed by atoms with van der Waals surface area (Å²) in [6, 6.07) is 7.94. The highest BCUT2D eigenvalue weighted by Gasteiger charge is 2.18. The molecule has 2 heterocycles. The summed E-state index contributed by atoms with van der Waals surface area (Å²) in [6.07, 6.45) is 0. The lowest BCUT2D eigenvalue weighted by atomic mass is 10.0. The Hall–Kier alpha value is -1.43. The number of ether oxygens (including phenoxy) is 1. The predicted molar refractivity (Wildman–Crippen MR) is 81.2 cm³/mol. The lowest BCUT2D eigenvalue weighted by Crippen LogP contribution is -2.48. The van der Waals surface area contributed by atoms with Gasteiger partial charge in [0.1, 0.15) is 0 Å². The van der Waals surface area contributed by atoms with Crippen molar-refractivity contribution in [2.24, 2.45) is 5.92 Å². The maximum atomic E-state index is 12.2. The minimum Gasteiger partial charge on any atom is -0.379 e. The summed E-state index contributed by atoms with van der Waals surface area (Å²) in [5, 5.41) is 6.23. The third-order valence-electron chi connectivity index (χ3n) is 4.12. The standard InChI is InChI=1S/C16H23N3O2/c20-16(18-11-14-9-17-10-14)15-3-1-2-13(8-15)12-19-4-6-21-7-5-19/h1-3,8,14,17H,4-7,9-12H2,(H,18,20). The largest absolute Gasteiger partial charge is 0.379 e. The number of nitrogens with one attached hydrogen (secondary N) is 2. The molecule has 1 amide bonds. The lowest BCUT2D eigenvalue weighted by molar-refractivity contribution is 0.0342. The van der Waals surface area contributed by atoms with Crippen LogP contribution in [0, 0.1) is 5.92 Å². The molecule has 2 fully saturated rings. The number of carbonyl (C=O) groups excluding carboxylic acids is 1. The van der Waals surface area contributed by atoms with Gasteiger partial charge < -0.3 is 15.4 Å². The molecule has 2 aliphatic rings. The van der Waals surface area contributed by atoms with Crippen molar-refractivity contribution in [3.05, 3.63) is 35.4 Å². The van der Waals surface area contributed by atoms with Gasteiger partial charge in [-0.1, -0.05) is 12.1 Å². The lowest BCUT2D eigenvalue weighted by Gasteiger charge is -2.27. The first-order valence-corrected chi connectivity index (χ1v) is 7.69. The molecule has 21 heavy (non-hydrogen) atoms. The van der Waals surface area contributed by atoms with E-state index in [4.69, 9.17) is 4.74 Å². The van der Waals surface area contributed by atoms with Crippen molar-refractivity contribution in [1.82, 2.24) is 15.5 Å². The quantitative estimate of drug-likeness (QED) is 0.827. The Bertz CT molecular complexity index is 482. The molecule has 0 radical (unpaired) electrons.